The van der Waals surface area contributed by atoms with Crippen LogP contribution in [0.25, 0.3) is 0 Å². The average molecular weight is 493 g/mol. The van der Waals surface area contributed by atoms with Gasteiger partial charge in [0.05, 0.1) is 23.3 Å². The maximum absolute atomic E-state index is 11.8. The van der Waals surface area contributed by atoms with Crippen molar-refractivity contribution in [2.24, 2.45) is 5.92 Å². The van der Waals surface area contributed by atoms with Crippen LogP contribution in [0.1, 0.15) is 79.1 Å². The third-order valence-corrected chi connectivity index (χ3v) is 8.70. The zero-order chi connectivity index (χ0) is 25.1. The number of hydrogen-bond acceptors (Lipinski definition) is 8. The van der Waals surface area contributed by atoms with Gasteiger partial charge < -0.3 is 25.0 Å². The smallest absolute Gasteiger partial charge is 0.338 e. The molecule has 8 nitrogen and oxygen atoms in total. The van der Waals surface area contributed by atoms with Gasteiger partial charge in [-0.25, -0.2) is 9.59 Å². The molecule has 2 aromatic carbocycles. The molecule has 3 N–H and O–H groups in total. The number of ether oxygens (including phenoxy) is 2. The lowest BCUT2D eigenvalue weighted by Gasteiger charge is -2.35. The zero-order valence-electron chi connectivity index (χ0n) is 20.6. The van der Waals surface area contributed by atoms with Crippen molar-refractivity contribution in [2.45, 2.75) is 64.2 Å². The number of nitrogens with zero attached hydrogens (tertiary/aromatic N) is 1. The van der Waals surface area contributed by atoms with Crippen LogP contribution in [0.2, 0.25) is 0 Å². The summed E-state index contributed by atoms with van der Waals surface area (Å²) >= 11 is 0. The molecule has 6 rings (SSSR count). The maximum atomic E-state index is 11.8. The molecule has 36 heavy (non-hydrogen) atoms. The minimum absolute atomic E-state index is 0.248. The highest BCUT2D eigenvalue weighted by molar-refractivity contribution is 5.94. The fourth-order valence-electron chi connectivity index (χ4n) is 6.72. The molecule has 8 heteroatoms. The molecule has 4 aliphatic rings. The van der Waals surface area contributed by atoms with Gasteiger partial charge in [0, 0.05) is 42.8 Å². The van der Waals surface area contributed by atoms with Crippen molar-refractivity contribution >= 4 is 11.9 Å². The molecule has 190 valence electrons. The van der Waals surface area contributed by atoms with E-state index in [9.17, 15) is 19.8 Å². The number of likely N-dealkylation sites (tertiary alicyclic amines) is 1. The lowest BCUT2D eigenvalue weighted by molar-refractivity contribution is 0.0525. The molecule has 3 aliphatic heterocycles. The monoisotopic (exact) mass is 492 g/mol. The van der Waals surface area contributed by atoms with Crippen LogP contribution in [0.15, 0.2) is 24.3 Å². The van der Waals surface area contributed by atoms with Crippen LogP contribution in [-0.4, -0.2) is 58.8 Å². The molecule has 1 unspecified atom stereocenters. The summed E-state index contributed by atoms with van der Waals surface area (Å²) < 4.78 is 10.3. The van der Waals surface area contributed by atoms with Crippen LogP contribution >= 0.6 is 0 Å². The minimum atomic E-state index is -0.678. The van der Waals surface area contributed by atoms with Gasteiger partial charge in [0.1, 0.15) is 13.2 Å². The van der Waals surface area contributed by atoms with E-state index in [0.29, 0.717) is 36.2 Å². The first-order valence-electron chi connectivity index (χ1n) is 12.7. The number of benzene rings is 2. The number of aliphatic hydroxyl groups is 2. The summed E-state index contributed by atoms with van der Waals surface area (Å²) in [4.78, 5) is 26.0. The molecule has 0 radical (unpaired) electrons. The Hall–Kier alpha value is -2.78. The highest BCUT2D eigenvalue weighted by atomic mass is 16.5. The minimum Gasteiger partial charge on any atom is -0.457 e. The number of piperidine rings is 1. The first-order valence-corrected chi connectivity index (χ1v) is 12.7. The Labute approximate surface area is 210 Å². The summed E-state index contributed by atoms with van der Waals surface area (Å²) in [5.74, 6) is -0.0127. The van der Waals surface area contributed by atoms with Gasteiger partial charge in [-0.3, -0.25) is 4.90 Å². The van der Waals surface area contributed by atoms with E-state index in [4.69, 9.17) is 9.47 Å². The quantitative estimate of drug-likeness (QED) is 0.506. The van der Waals surface area contributed by atoms with E-state index in [1.807, 2.05) is 26.0 Å². The van der Waals surface area contributed by atoms with Gasteiger partial charge in [-0.2, -0.15) is 0 Å². The van der Waals surface area contributed by atoms with E-state index in [2.05, 4.69) is 10.2 Å². The highest BCUT2D eigenvalue weighted by Gasteiger charge is 2.45. The average Bonchev–Trinajstić information content (AvgIpc) is 3.63. The summed E-state index contributed by atoms with van der Waals surface area (Å²) in [6.07, 6.45) is 0.828. The molecule has 0 amide bonds. The van der Waals surface area contributed by atoms with Crippen molar-refractivity contribution in [3.05, 3.63) is 68.8 Å². The summed E-state index contributed by atoms with van der Waals surface area (Å²) in [7, 11) is 0. The van der Waals surface area contributed by atoms with Gasteiger partial charge in [0.25, 0.3) is 0 Å². The second kappa shape index (κ2) is 8.95. The van der Waals surface area contributed by atoms with Crippen LogP contribution in [0, 0.1) is 19.8 Å². The normalized spacial score (nSPS) is 26.1. The molecule has 0 spiro atoms. The maximum Gasteiger partial charge on any atom is 0.338 e. The van der Waals surface area contributed by atoms with Crippen LogP contribution in [0.3, 0.4) is 0 Å². The van der Waals surface area contributed by atoms with Gasteiger partial charge in [-0.05, 0) is 67.0 Å². The van der Waals surface area contributed by atoms with Crippen LogP contribution in [0.5, 0.6) is 0 Å². The van der Waals surface area contributed by atoms with Crippen molar-refractivity contribution in [1.29, 1.82) is 0 Å². The predicted octanol–water partition coefficient (Wildman–Crippen LogP) is 2.46. The Balaban J connectivity index is 1.10. The van der Waals surface area contributed by atoms with E-state index in [-0.39, 0.29) is 31.2 Å². The third kappa shape index (κ3) is 3.84. The Morgan fingerprint density at radius 2 is 1.50 bits per heavy atom. The van der Waals surface area contributed by atoms with Crippen LogP contribution in [0.4, 0.5) is 0 Å². The number of nitrogens with one attached hydrogen (secondary N) is 1. The molecule has 3 heterocycles. The molecular formula is C28H32N2O6. The van der Waals surface area contributed by atoms with Gasteiger partial charge in [-0.1, -0.05) is 12.1 Å². The molecular weight excluding hydrogens is 460 g/mol. The molecule has 2 bridgehead atoms. The SMILES string of the molecule is Cc1c([C@H](O)CNC2C[C@@H]3C[C@@H]2N(C[C@H](O)c2ccc4c(c2C)COC4=O)C3)ccc2c1COC2=O. The van der Waals surface area contributed by atoms with Gasteiger partial charge in [0.2, 0.25) is 0 Å². The first kappa shape index (κ1) is 23.6. The highest BCUT2D eigenvalue weighted by Crippen LogP contribution is 2.39. The molecule has 5 atom stereocenters. The molecule has 0 aromatic heterocycles. The number of cyclic esters (lactones) is 2. The van der Waals surface area contributed by atoms with Gasteiger partial charge in [0.15, 0.2) is 0 Å². The summed E-state index contributed by atoms with van der Waals surface area (Å²) in [6, 6.07) is 7.75. The van der Waals surface area contributed by atoms with Crippen LogP contribution in [-0.2, 0) is 22.7 Å². The molecule has 1 aliphatic carbocycles. The largest absolute Gasteiger partial charge is 0.457 e. The number of β-amino-alcohol motifs (C(OH)–C–C–N with tert-alkyl or cyclic N) is 1. The van der Waals surface area contributed by atoms with E-state index in [0.717, 1.165) is 52.8 Å². The van der Waals surface area contributed by atoms with E-state index < -0.39 is 12.2 Å². The van der Waals surface area contributed by atoms with E-state index >= 15 is 0 Å². The Bertz CT molecular complexity index is 1240. The molecule has 2 aromatic rings. The Morgan fingerprint density at radius 3 is 2.08 bits per heavy atom. The molecule has 1 saturated heterocycles. The number of aliphatic hydroxyl groups excluding tert-OH is 2. The standard InChI is InChI=1S/C28H32N2O6/c1-14-17(3-5-19-21(14)12-35-27(19)33)25(31)9-29-23-7-16-8-24(23)30(10-16)11-26(32)18-4-6-20-22(15(18)2)13-36-28(20)34/h3-6,16,23-26,29,31-32H,7-13H2,1-2H3/t16-,23?,24+,25-,26+/m1/s1. The lowest BCUT2D eigenvalue weighted by Crippen LogP contribution is -2.50. The third-order valence-electron chi connectivity index (χ3n) is 8.70. The Morgan fingerprint density at radius 1 is 0.917 bits per heavy atom. The lowest BCUT2D eigenvalue weighted by atomic mass is 9.94. The van der Waals surface area contributed by atoms with Crippen molar-refractivity contribution in [2.75, 3.05) is 19.6 Å². The first-order chi connectivity index (χ1) is 17.3. The molecule has 1 saturated carbocycles. The van der Waals surface area contributed by atoms with Crippen molar-refractivity contribution in [3.8, 4) is 0 Å². The number of hydrogen-bond donors (Lipinski definition) is 3. The second-order valence-corrected chi connectivity index (χ2v) is 10.7. The number of carbonyl (C=O) groups is 2. The summed E-state index contributed by atoms with van der Waals surface area (Å²) in [5, 5.41) is 25.6. The van der Waals surface area contributed by atoms with Crippen molar-refractivity contribution < 1.29 is 29.3 Å². The van der Waals surface area contributed by atoms with Gasteiger partial charge >= 0.3 is 11.9 Å². The predicted molar refractivity (Wildman–Crippen MR) is 130 cm³/mol. The number of fused-ring (bicyclic) bond motifs is 4. The Kier molecular flexibility index (Phi) is 5.87. The van der Waals surface area contributed by atoms with Crippen molar-refractivity contribution in [1.82, 2.24) is 10.2 Å². The fourth-order valence-corrected chi connectivity index (χ4v) is 6.72. The van der Waals surface area contributed by atoms with E-state index in [1.54, 1.807) is 12.1 Å². The number of carbonyl (C=O) groups excluding carboxylic acids is 2. The summed E-state index contributed by atoms with van der Waals surface area (Å²) in [6.45, 7) is 6.35. The zero-order valence-corrected chi connectivity index (χ0v) is 20.6. The fraction of sp³-hybridized carbons (Fsp3) is 0.500. The molecule has 2 fully saturated rings. The number of rotatable bonds is 7. The van der Waals surface area contributed by atoms with E-state index in [1.165, 1.54) is 0 Å². The number of esters is 2. The van der Waals surface area contributed by atoms with Crippen LogP contribution < -0.4 is 5.32 Å². The summed E-state index contributed by atoms with van der Waals surface area (Å²) in [5.41, 5.74) is 6.47. The topological polar surface area (TPSA) is 108 Å². The second-order valence-electron chi connectivity index (χ2n) is 10.7. The van der Waals surface area contributed by atoms with Crippen molar-refractivity contribution in [3.63, 3.8) is 0 Å². The van der Waals surface area contributed by atoms with Gasteiger partial charge in [-0.15, -0.1) is 0 Å².